The first-order chi connectivity index (χ1) is 9.67. The first-order valence-corrected chi connectivity index (χ1v) is 7.54. The lowest BCUT2D eigenvalue weighted by Crippen LogP contribution is -2.29. The van der Waals surface area contributed by atoms with Crippen LogP contribution < -0.4 is 0 Å². The number of hydrogen-bond donors (Lipinski definition) is 1. The normalized spacial score (nSPS) is 9.95. The molecule has 0 unspecified atom stereocenters. The molecule has 0 aliphatic carbocycles. The van der Waals surface area contributed by atoms with Gasteiger partial charge in [0.2, 0.25) is 5.91 Å². The average Bonchev–Trinajstić information content (AvgIpc) is 2.86. The van der Waals surface area contributed by atoms with E-state index in [9.17, 15) is 4.79 Å². The molecule has 0 aliphatic rings. The third kappa shape index (κ3) is 6.20. The molecule has 0 saturated carbocycles. The van der Waals surface area contributed by atoms with Gasteiger partial charge in [-0.3, -0.25) is 4.79 Å². The van der Waals surface area contributed by atoms with Crippen molar-refractivity contribution in [3.63, 3.8) is 0 Å². The number of nitrogens with zero attached hydrogens (tertiary/aromatic N) is 1. The summed E-state index contributed by atoms with van der Waals surface area (Å²) in [6.45, 7) is 3.41. The van der Waals surface area contributed by atoms with E-state index < -0.39 is 0 Å². The van der Waals surface area contributed by atoms with Crippen molar-refractivity contribution in [1.82, 2.24) is 4.90 Å². The number of carbonyl (C=O) groups is 1. The van der Waals surface area contributed by atoms with Gasteiger partial charge in [0, 0.05) is 26.6 Å². The molecule has 0 fully saturated rings. The molecule has 5 heteroatoms. The van der Waals surface area contributed by atoms with Crippen LogP contribution >= 0.6 is 11.3 Å². The maximum atomic E-state index is 11.8. The second kappa shape index (κ2) is 9.54. The van der Waals surface area contributed by atoms with Gasteiger partial charge in [-0.05, 0) is 23.4 Å². The van der Waals surface area contributed by atoms with E-state index in [1.165, 1.54) is 0 Å². The summed E-state index contributed by atoms with van der Waals surface area (Å²) in [5.74, 6) is 5.86. The number of rotatable bonds is 7. The summed E-state index contributed by atoms with van der Waals surface area (Å²) in [6, 6.07) is 1.98. The highest BCUT2D eigenvalue weighted by molar-refractivity contribution is 7.10. The van der Waals surface area contributed by atoms with E-state index in [1.807, 2.05) is 18.4 Å². The lowest BCUT2D eigenvalue weighted by molar-refractivity contribution is -0.135. The number of likely N-dealkylation sites (N-methyl/N-ethyl adjacent to an activating group) is 1. The van der Waals surface area contributed by atoms with Crippen LogP contribution in [0.25, 0.3) is 0 Å². The van der Waals surface area contributed by atoms with Crippen LogP contribution in [0.3, 0.4) is 0 Å². The summed E-state index contributed by atoms with van der Waals surface area (Å²) in [7, 11) is 1.77. The Morgan fingerprint density at radius 1 is 1.55 bits per heavy atom. The molecular weight excluding hydrogens is 274 g/mol. The zero-order chi connectivity index (χ0) is 14.8. The standard InChI is InChI=1S/C15H21NO3S/c1-3-8-19-11-15(18)16(2)10-13-9-14(20-12-13)6-4-5-7-17/h9,12,17H,3,5,7-8,10-11H2,1-2H3. The van der Waals surface area contributed by atoms with E-state index in [0.717, 1.165) is 16.9 Å². The van der Waals surface area contributed by atoms with Gasteiger partial charge in [-0.1, -0.05) is 18.8 Å². The van der Waals surface area contributed by atoms with Gasteiger partial charge in [0.25, 0.3) is 0 Å². The molecule has 1 rings (SSSR count). The Bertz CT molecular complexity index is 473. The van der Waals surface area contributed by atoms with Crippen LogP contribution in [-0.2, 0) is 16.1 Å². The smallest absolute Gasteiger partial charge is 0.248 e. The molecule has 0 radical (unpaired) electrons. The summed E-state index contributed by atoms with van der Waals surface area (Å²) in [4.78, 5) is 14.4. The highest BCUT2D eigenvalue weighted by atomic mass is 32.1. The molecule has 0 bridgehead atoms. The first kappa shape index (κ1) is 16.7. The molecule has 0 atom stereocenters. The number of ether oxygens (including phenoxy) is 1. The van der Waals surface area contributed by atoms with Gasteiger partial charge in [0.05, 0.1) is 11.5 Å². The minimum Gasteiger partial charge on any atom is -0.395 e. The molecule has 1 amide bonds. The highest BCUT2D eigenvalue weighted by Crippen LogP contribution is 2.15. The molecule has 0 aliphatic heterocycles. The fraction of sp³-hybridized carbons (Fsp3) is 0.533. The molecule has 0 saturated heterocycles. The molecule has 4 nitrogen and oxygen atoms in total. The monoisotopic (exact) mass is 295 g/mol. The summed E-state index contributed by atoms with van der Waals surface area (Å²) in [6.07, 6.45) is 1.40. The van der Waals surface area contributed by atoms with Gasteiger partial charge in [-0.2, -0.15) is 0 Å². The second-order valence-corrected chi connectivity index (χ2v) is 5.31. The molecule has 1 aromatic heterocycles. The fourth-order valence-electron chi connectivity index (χ4n) is 1.51. The molecule has 1 N–H and O–H groups in total. The van der Waals surface area contributed by atoms with E-state index in [-0.39, 0.29) is 19.1 Å². The number of amides is 1. The van der Waals surface area contributed by atoms with Crippen molar-refractivity contribution in [1.29, 1.82) is 0 Å². The van der Waals surface area contributed by atoms with Crippen molar-refractivity contribution in [3.8, 4) is 11.8 Å². The summed E-state index contributed by atoms with van der Waals surface area (Å²) in [5, 5.41) is 10.7. The molecular formula is C15H21NO3S. The van der Waals surface area contributed by atoms with Gasteiger partial charge in [0.15, 0.2) is 0 Å². The van der Waals surface area contributed by atoms with Gasteiger partial charge < -0.3 is 14.7 Å². The van der Waals surface area contributed by atoms with Crippen LogP contribution in [0.4, 0.5) is 0 Å². The third-order valence-corrected chi connectivity index (χ3v) is 3.42. The lowest BCUT2D eigenvalue weighted by Gasteiger charge is -2.16. The van der Waals surface area contributed by atoms with Crippen molar-refractivity contribution in [2.24, 2.45) is 0 Å². The summed E-state index contributed by atoms with van der Waals surface area (Å²) in [5.41, 5.74) is 1.06. The first-order valence-electron chi connectivity index (χ1n) is 6.66. The predicted molar refractivity (Wildman–Crippen MR) is 80.5 cm³/mol. The van der Waals surface area contributed by atoms with Gasteiger partial charge in [-0.25, -0.2) is 0 Å². The largest absolute Gasteiger partial charge is 0.395 e. The number of aliphatic hydroxyl groups is 1. The van der Waals surface area contributed by atoms with Crippen molar-refractivity contribution in [2.75, 3.05) is 26.9 Å². The molecule has 0 aromatic carbocycles. The number of hydrogen-bond acceptors (Lipinski definition) is 4. The Morgan fingerprint density at radius 2 is 2.35 bits per heavy atom. The van der Waals surface area contributed by atoms with Crippen LogP contribution in [0.2, 0.25) is 0 Å². The molecule has 20 heavy (non-hydrogen) atoms. The predicted octanol–water partition coefficient (Wildman–Crippen LogP) is 1.87. The SMILES string of the molecule is CCCOCC(=O)N(C)Cc1csc(C#CCCO)c1. The lowest BCUT2D eigenvalue weighted by atomic mass is 10.3. The van der Waals surface area contributed by atoms with Crippen molar-refractivity contribution in [2.45, 2.75) is 26.3 Å². The fourth-order valence-corrected chi connectivity index (χ4v) is 2.28. The Morgan fingerprint density at radius 3 is 3.05 bits per heavy atom. The molecule has 0 spiro atoms. The zero-order valence-electron chi connectivity index (χ0n) is 12.0. The van der Waals surface area contributed by atoms with Gasteiger partial charge in [-0.15, -0.1) is 11.3 Å². The Balaban J connectivity index is 2.44. The third-order valence-electron chi connectivity index (χ3n) is 2.52. The van der Waals surface area contributed by atoms with Crippen LogP contribution in [-0.4, -0.2) is 42.8 Å². The minimum atomic E-state index is -0.0161. The average molecular weight is 295 g/mol. The summed E-state index contributed by atoms with van der Waals surface area (Å²) < 4.78 is 5.24. The van der Waals surface area contributed by atoms with Crippen molar-refractivity contribution < 1.29 is 14.6 Å². The van der Waals surface area contributed by atoms with E-state index in [0.29, 0.717) is 19.6 Å². The molecule has 1 heterocycles. The molecule has 110 valence electrons. The maximum Gasteiger partial charge on any atom is 0.248 e. The van der Waals surface area contributed by atoms with Crippen LogP contribution in [0.5, 0.6) is 0 Å². The maximum absolute atomic E-state index is 11.8. The van der Waals surface area contributed by atoms with Gasteiger partial charge >= 0.3 is 0 Å². The van der Waals surface area contributed by atoms with Gasteiger partial charge in [0.1, 0.15) is 6.61 Å². The van der Waals surface area contributed by atoms with Crippen LogP contribution in [0, 0.1) is 11.8 Å². The van der Waals surface area contributed by atoms with Crippen LogP contribution in [0.15, 0.2) is 11.4 Å². The Hall–Kier alpha value is -1.35. The number of thiophene rings is 1. The Kier molecular flexibility index (Phi) is 7.97. The number of carbonyl (C=O) groups excluding carboxylic acids is 1. The second-order valence-electron chi connectivity index (χ2n) is 4.40. The summed E-state index contributed by atoms with van der Waals surface area (Å²) >= 11 is 1.55. The van der Waals surface area contributed by atoms with E-state index in [4.69, 9.17) is 9.84 Å². The molecule has 1 aromatic rings. The van der Waals surface area contributed by atoms with E-state index in [1.54, 1.807) is 23.3 Å². The number of aliphatic hydroxyl groups excluding tert-OH is 1. The van der Waals surface area contributed by atoms with E-state index >= 15 is 0 Å². The Labute approximate surface area is 124 Å². The zero-order valence-corrected chi connectivity index (χ0v) is 12.8. The minimum absolute atomic E-state index is 0.0161. The van der Waals surface area contributed by atoms with Crippen LogP contribution in [0.1, 0.15) is 30.2 Å². The van der Waals surface area contributed by atoms with E-state index in [2.05, 4.69) is 11.8 Å². The van der Waals surface area contributed by atoms with Crippen molar-refractivity contribution >= 4 is 17.2 Å². The highest BCUT2D eigenvalue weighted by Gasteiger charge is 2.10. The topological polar surface area (TPSA) is 49.8 Å². The van der Waals surface area contributed by atoms with Crippen molar-refractivity contribution in [3.05, 3.63) is 21.9 Å². The quantitative estimate of drug-likeness (QED) is 0.617.